The highest BCUT2D eigenvalue weighted by Gasteiger charge is 2.14. The molecule has 0 fully saturated rings. The van der Waals surface area contributed by atoms with Crippen molar-refractivity contribution in [2.24, 2.45) is 0 Å². The Labute approximate surface area is 199 Å². The topological polar surface area (TPSA) is 46.5 Å². The first-order valence-corrected chi connectivity index (χ1v) is 11.9. The molecule has 168 valence electrons. The molecule has 3 nitrogen and oxygen atoms in total. The summed E-state index contributed by atoms with van der Waals surface area (Å²) in [6, 6.07) is 23.6. The first-order valence-electron chi connectivity index (χ1n) is 11.1. The van der Waals surface area contributed by atoms with Crippen molar-refractivity contribution in [2.45, 2.75) is 48.5 Å². The Bertz CT molecular complexity index is 1170. The normalized spacial score (nSPS) is 15.7. The molecular weight excluding hydrogens is 428 g/mol. The minimum atomic E-state index is -0.114. The number of aliphatic hydroxyl groups excluding tert-OH is 1. The van der Waals surface area contributed by atoms with Gasteiger partial charge in [-0.2, -0.15) is 0 Å². The first kappa shape index (κ1) is 22.9. The zero-order valence-corrected chi connectivity index (χ0v) is 19.9. The maximum absolute atomic E-state index is 12.9. The summed E-state index contributed by atoms with van der Waals surface area (Å²) >= 11 is 1.69. The van der Waals surface area contributed by atoms with Crippen LogP contribution in [0.5, 0.6) is 5.75 Å². The van der Waals surface area contributed by atoms with E-state index in [1.807, 2.05) is 42.5 Å². The van der Waals surface area contributed by atoms with E-state index in [4.69, 9.17) is 4.74 Å². The van der Waals surface area contributed by atoms with E-state index in [0.29, 0.717) is 23.3 Å². The molecule has 0 saturated heterocycles. The van der Waals surface area contributed by atoms with E-state index in [0.717, 1.165) is 4.90 Å². The van der Waals surface area contributed by atoms with Crippen LogP contribution in [0.25, 0.3) is 0 Å². The second-order valence-electron chi connectivity index (χ2n) is 9.13. The van der Waals surface area contributed by atoms with Crippen molar-refractivity contribution in [3.05, 3.63) is 113 Å². The van der Waals surface area contributed by atoms with Gasteiger partial charge in [-0.1, -0.05) is 44.7 Å². The number of ether oxygens (including phenoxy) is 1. The van der Waals surface area contributed by atoms with E-state index in [-0.39, 0.29) is 23.1 Å². The molecule has 4 rings (SSSR count). The molecule has 1 N–H and O–H groups in total. The molecule has 1 atom stereocenters. The molecule has 0 aliphatic heterocycles. The Kier molecular flexibility index (Phi) is 6.75. The van der Waals surface area contributed by atoms with Crippen LogP contribution in [0.15, 0.2) is 107 Å². The van der Waals surface area contributed by atoms with Gasteiger partial charge in [-0.3, -0.25) is 4.79 Å². The maximum atomic E-state index is 12.9. The fraction of sp³-hybridized carbons (Fsp3) is 0.207. The monoisotopic (exact) mass is 456 g/mol. The smallest absolute Gasteiger partial charge is 0.193 e. The summed E-state index contributed by atoms with van der Waals surface area (Å²) in [4.78, 5) is 15.2. The number of aliphatic hydroxyl groups is 1. The van der Waals surface area contributed by atoms with Gasteiger partial charge in [-0.05, 0) is 89.9 Å². The molecule has 4 heteroatoms. The molecule has 1 aliphatic carbocycles. The predicted octanol–water partition coefficient (Wildman–Crippen LogP) is 7.52. The number of ketones is 1. The molecule has 0 aromatic heterocycles. The number of rotatable bonds is 6. The van der Waals surface area contributed by atoms with Crippen LogP contribution in [0.1, 0.15) is 48.7 Å². The molecule has 3 aromatic carbocycles. The predicted molar refractivity (Wildman–Crippen MR) is 134 cm³/mol. The van der Waals surface area contributed by atoms with Crippen LogP contribution >= 0.6 is 11.8 Å². The van der Waals surface area contributed by atoms with E-state index in [9.17, 15) is 9.90 Å². The largest absolute Gasteiger partial charge is 0.508 e. The SMILES string of the molecule is CC(C)(C)c1ccc(Sc2ccc(C(=O)c3ccc(OC4C=CC(O)=CC4)cc3)cc2)cc1. The number of carbonyl (C=O) groups is 1. The summed E-state index contributed by atoms with van der Waals surface area (Å²) in [5, 5.41) is 9.41. The minimum absolute atomic E-state index is 0.0157. The molecule has 0 bridgehead atoms. The minimum Gasteiger partial charge on any atom is -0.508 e. The lowest BCUT2D eigenvalue weighted by Crippen LogP contribution is -2.14. The summed E-state index contributed by atoms with van der Waals surface area (Å²) in [6.45, 7) is 6.64. The molecule has 0 amide bonds. The standard InChI is InChI=1S/C29H28O3S/c1-29(2,3)22-8-18-27(19-9-22)33-26-16-6-21(7-17-26)28(31)20-4-12-24(13-5-20)32-25-14-10-23(30)11-15-25/h4-14,16-19,25,30H,15H2,1-3H3. The third kappa shape index (κ3) is 5.96. The van der Waals surface area contributed by atoms with Gasteiger partial charge in [0, 0.05) is 27.3 Å². The Hall–Kier alpha value is -3.24. The third-order valence-corrected chi connectivity index (χ3v) is 6.53. The van der Waals surface area contributed by atoms with Gasteiger partial charge in [-0.25, -0.2) is 0 Å². The van der Waals surface area contributed by atoms with Crippen LogP contribution in [0.4, 0.5) is 0 Å². The zero-order chi connectivity index (χ0) is 23.4. The van der Waals surface area contributed by atoms with Gasteiger partial charge in [0.25, 0.3) is 0 Å². The Morgan fingerprint density at radius 2 is 1.42 bits per heavy atom. The van der Waals surface area contributed by atoms with Gasteiger partial charge in [0.05, 0.1) is 0 Å². The molecule has 1 unspecified atom stereocenters. The molecule has 0 spiro atoms. The van der Waals surface area contributed by atoms with E-state index < -0.39 is 0 Å². The maximum Gasteiger partial charge on any atom is 0.193 e. The lowest BCUT2D eigenvalue weighted by molar-refractivity contribution is 0.103. The highest BCUT2D eigenvalue weighted by molar-refractivity contribution is 7.99. The number of benzene rings is 3. The van der Waals surface area contributed by atoms with Crippen LogP contribution in [0.2, 0.25) is 0 Å². The molecular formula is C29H28O3S. The lowest BCUT2D eigenvalue weighted by Gasteiger charge is -2.19. The summed E-state index contributed by atoms with van der Waals surface area (Å²) < 4.78 is 5.89. The fourth-order valence-electron chi connectivity index (χ4n) is 3.54. The molecule has 0 radical (unpaired) electrons. The molecule has 0 saturated carbocycles. The van der Waals surface area contributed by atoms with Crippen LogP contribution in [-0.4, -0.2) is 17.0 Å². The van der Waals surface area contributed by atoms with Crippen LogP contribution in [0.3, 0.4) is 0 Å². The van der Waals surface area contributed by atoms with E-state index in [2.05, 4.69) is 45.0 Å². The van der Waals surface area contributed by atoms with Crippen molar-refractivity contribution in [1.29, 1.82) is 0 Å². The average Bonchev–Trinajstić information content (AvgIpc) is 2.81. The first-order chi connectivity index (χ1) is 15.8. The Morgan fingerprint density at radius 3 is 1.94 bits per heavy atom. The Balaban J connectivity index is 1.37. The highest BCUT2D eigenvalue weighted by Crippen LogP contribution is 2.31. The number of hydrogen-bond donors (Lipinski definition) is 1. The Morgan fingerprint density at radius 1 is 0.879 bits per heavy atom. The highest BCUT2D eigenvalue weighted by atomic mass is 32.2. The number of carbonyl (C=O) groups excluding carboxylic acids is 1. The fourth-order valence-corrected chi connectivity index (χ4v) is 4.35. The quantitative estimate of drug-likeness (QED) is 0.390. The second kappa shape index (κ2) is 9.72. The van der Waals surface area contributed by atoms with Gasteiger partial charge in [0.15, 0.2) is 5.78 Å². The van der Waals surface area contributed by atoms with Crippen molar-refractivity contribution < 1.29 is 14.6 Å². The second-order valence-corrected chi connectivity index (χ2v) is 10.3. The molecule has 33 heavy (non-hydrogen) atoms. The van der Waals surface area contributed by atoms with Gasteiger partial charge in [0.2, 0.25) is 0 Å². The zero-order valence-electron chi connectivity index (χ0n) is 19.1. The third-order valence-electron chi connectivity index (χ3n) is 5.52. The molecule has 1 aliphatic rings. The number of hydrogen-bond acceptors (Lipinski definition) is 4. The molecule has 3 aromatic rings. The van der Waals surface area contributed by atoms with Crippen molar-refractivity contribution in [3.8, 4) is 5.75 Å². The number of allylic oxidation sites excluding steroid dienone is 1. The van der Waals surface area contributed by atoms with E-state index in [1.54, 1.807) is 36.0 Å². The van der Waals surface area contributed by atoms with Crippen molar-refractivity contribution in [2.75, 3.05) is 0 Å². The van der Waals surface area contributed by atoms with Crippen molar-refractivity contribution in [3.63, 3.8) is 0 Å². The van der Waals surface area contributed by atoms with Crippen LogP contribution in [-0.2, 0) is 5.41 Å². The van der Waals surface area contributed by atoms with Gasteiger partial charge < -0.3 is 9.84 Å². The van der Waals surface area contributed by atoms with E-state index in [1.165, 1.54) is 10.5 Å². The van der Waals surface area contributed by atoms with Crippen molar-refractivity contribution >= 4 is 17.5 Å². The lowest BCUT2D eigenvalue weighted by atomic mass is 9.87. The van der Waals surface area contributed by atoms with Crippen LogP contribution in [0, 0.1) is 0 Å². The van der Waals surface area contributed by atoms with Gasteiger partial charge >= 0.3 is 0 Å². The van der Waals surface area contributed by atoms with E-state index >= 15 is 0 Å². The summed E-state index contributed by atoms with van der Waals surface area (Å²) in [5.41, 5.74) is 2.74. The van der Waals surface area contributed by atoms with Crippen LogP contribution < -0.4 is 4.74 Å². The summed E-state index contributed by atoms with van der Waals surface area (Å²) in [5.74, 6) is 0.942. The summed E-state index contributed by atoms with van der Waals surface area (Å²) in [7, 11) is 0. The molecule has 0 heterocycles. The van der Waals surface area contributed by atoms with Crippen molar-refractivity contribution in [1.82, 2.24) is 0 Å². The van der Waals surface area contributed by atoms with Gasteiger partial charge in [-0.15, -0.1) is 0 Å². The van der Waals surface area contributed by atoms with Gasteiger partial charge in [0.1, 0.15) is 17.6 Å². The average molecular weight is 457 g/mol. The summed E-state index contributed by atoms with van der Waals surface area (Å²) in [6.07, 6.45) is 5.69.